The minimum Gasteiger partial charge on any atom is -0.311 e. The van der Waals surface area contributed by atoms with Crippen molar-refractivity contribution in [1.29, 1.82) is 0 Å². The van der Waals surface area contributed by atoms with Gasteiger partial charge in [0.05, 0.1) is 0 Å². The van der Waals surface area contributed by atoms with E-state index in [1.807, 2.05) is 0 Å². The van der Waals surface area contributed by atoms with Gasteiger partial charge >= 0.3 is 0 Å². The molecule has 0 atom stereocenters. The fourth-order valence-corrected chi connectivity index (χ4v) is 9.55. The number of aryl methyl sites for hydroxylation is 6. The number of rotatable bonds is 6. The first-order chi connectivity index (χ1) is 27.1. The third-order valence-corrected chi connectivity index (χ3v) is 12.5. The van der Waals surface area contributed by atoms with Crippen LogP contribution in [0.5, 0.6) is 0 Å². The zero-order valence-corrected chi connectivity index (χ0v) is 32.0. The Balaban J connectivity index is 1.05. The zero-order chi connectivity index (χ0) is 36.9. The molecule has 0 aromatic heterocycles. The summed E-state index contributed by atoms with van der Waals surface area (Å²) in [5, 5.41) is 5.15. The van der Waals surface area contributed by atoms with Crippen molar-refractivity contribution in [3.05, 3.63) is 185 Å². The molecule has 2 aliphatic carbocycles. The van der Waals surface area contributed by atoms with Gasteiger partial charge in [0.2, 0.25) is 0 Å². The Morgan fingerprint density at radius 3 is 1.20 bits per heavy atom. The van der Waals surface area contributed by atoms with Gasteiger partial charge in [0.25, 0.3) is 0 Å². The molecule has 0 N–H and O–H groups in total. The van der Waals surface area contributed by atoms with E-state index in [0.717, 1.165) is 17.1 Å². The van der Waals surface area contributed by atoms with Crippen LogP contribution in [0, 0.1) is 13.8 Å². The zero-order valence-electron chi connectivity index (χ0n) is 32.0. The predicted octanol–water partition coefficient (Wildman–Crippen LogP) is 14.8. The van der Waals surface area contributed by atoms with Crippen LogP contribution in [0.2, 0.25) is 0 Å². The maximum absolute atomic E-state index is 2.47. The standard InChI is InChI=1S/C54H47N/c1-36-31-41-11-3-5-13-43(41)33-52(36)38-19-25-46(26-20-38)55(47-27-21-39(22-28-47)53-34-44-14-6-4-12-42(44)32-37(53)2)48-29-23-40(24-30-48)54-35-45-15-7-8-16-49(45)50-17-9-10-18-51(50)54/h7-10,15-35H,3-6,11-14H2,1-2H3. The third kappa shape index (κ3) is 6.22. The van der Waals surface area contributed by atoms with Gasteiger partial charge in [-0.15, -0.1) is 0 Å². The van der Waals surface area contributed by atoms with Crippen molar-refractivity contribution >= 4 is 38.6 Å². The summed E-state index contributed by atoms with van der Waals surface area (Å²) in [6.45, 7) is 4.55. The first kappa shape index (κ1) is 33.6. The minimum absolute atomic E-state index is 1.14. The Kier molecular flexibility index (Phi) is 8.59. The van der Waals surface area contributed by atoms with E-state index in [2.05, 4.69) is 170 Å². The molecule has 10 rings (SSSR count). The summed E-state index contributed by atoms with van der Waals surface area (Å²) < 4.78 is 0. The topological polar surface area (TPSA) is 3.24 Å². The van der Waals surface area contributed by atoms with Crippen LogP contribution in [0.1, 0.15) is 59.1 Å². The highest BCUT2D eigenvalue weighted by molar-refractivity contribution is 6.13. The van der Waals surface area contributed by atoms with E-state index < -0.39 is 0 Å². The summed E-state index contributed by atoms with van der Waals surface area (Å²) in [6.07, 6.45) is 10.0. The second-order valence-electron chi connectivity index (χ2n) is 16.0. The Morgan fingerprint density at radius 1 is 0.345 bits per heavy atom. The normalized spacial score (nSPS) is 13.8. The molecule has 0 radical (unpaired) electrons. The Labute approximate surface area is 325 Å². The molecular weight excluding hydrogens is 663 g/mol. The van der Waals surface area contributed by atoms with Crippen LogP contribution in [-0.2, 0) is 25.7 Å². The Bertz CT molecular complexity index is 2590. The number of nitrogens with zero attached hydrogens (tertiary/aromatic N) is 1. The second kappa shape index (κ2) is 14.1. The maximum Gasteiger partial charge on any atom is 0.0462 e. The van der Waals surface area contributed by atoms with E-state index in [9.17, 15) is 0 Å². The fourth-order valence-electron chi connectivity index (χ4n) is 9.55. The molecule has 1 nitrogen and oxygen atoms in total. The lowest BCUT2D eigenvalue weighted by molar-refractivity contribution is 0.685. The number of fused-ring (bicyclic) bond motifs is 5. The Morgan fingerprint density at radius 2 is 0.727 bits per heavy atom. The van der Waals surface area contributed by atoms with Gasteiger partial charge in [0.15, 0.2) is 0 Å². The molecular formula is C54H47N. The van der Waals surface area contributed by atoms with Crippen molar-refractivity contribution in [1.82, 2.24) is 0 Å². The van der Waals surface area contributed by atoms with Gasteiger partial charge in [-0.1, -0.05) is 109 Å². The molecule has 0 fully saturated rings. The molecule has 55 heavy (non-hydrogen) atoms. The molecule has 0 bridgehead atoms. The van der Waals surface area contributed by atoms with Gasteiger partial charge < -0.3 is 4.90 Å². The van der Waals surface area contributed by atoms with Crippen molar-refractivity contribution in [3.63, 3.8) is 0 Å². The predicted molar refractivity (Wildman–Crippen MR) is 235 cm³/mol. The molecule has 1 heteroatoms. The highest BCUT2D eigenvalue weighted by Crippen LogP contribution is 2.41. The van der Waals surface area contributed by atoms with Crippen LogP contribution in [0.15, 0.2) is 152 Å². The molecule has 0 spiro atoms. The molecule has 8 aromatic carbocycles. The summed E-state index contributed by atoms with van der Waals surface area (Å²) in [5.74, 6) is 0. The van der Waals surface area contributed by atoms with Crippen molar-refractivity contribution in [3.8, 4) is 33.4 Å². The van der Waals surface area contributed by atoms with E-state index in [4.69, 9.17) is 0 Å². The van der Waals surface area contributed by atoms with E-state index in [-0.39, 0.29) is 0 Å². The lowest BCUT2D eigenvalue weighted by atomic mass is 9.86. The second-order valence-corrected chi connectivity index (χ2v) is 16.0. The number of anilines is 3. The largest absolute Gasteiger partial charge is 0.311 e. The van der Waals surface area contributed by atoms with Crippen molar-refractivity contribution in [2.45, 2.75) is 65.2 Å². The highest BCUT2D eigenvalue weighted by Gasteiger charge is 2.18. The maximum atomic E-state index is 2.47. The smallest absolute Gasteiger partial charge is 0.0462 e. The molecule has 0 heterocycles. The molecule has 268 valence electrons. The monoisotopic (exact) mass is 709 g/mol. The highest BCUT2D eigenvalue weighted by atomic mass is 15.1. The first-order valence-electron chi connectivity index (χ1n) is 20.3. The number of hydrogen-bond acceptors (Lipinski definition) is 1. The third-order valence-electron chi connectivity index (χ3n) is 12.5. The molecule has 0 aliphatic heterocycles. The van der Waals surface area contributed by atoms with Gasteiger partial charge in [0.1, 0.15) is 0 Å². The lowest BCUT2D eigenvalue weighted by Crippen LogP contribution is -2.10. The SMILES string of the molecule is Cc1cc2c(cc1-c1ccc(N(c3ccc(-c4cc5c(cc4C)CCCC5)cc3)c3ccc(-c4cc5ccccc5c5ccccc45)cc3)cc1)CCCC2. The van der Waals surface area contributed by atoms with E-state index in [0.29, 0.717) is 0 Å². The first-order valence-corrected chi connectivity index (χ1v) is 20.3. The van der Waals surface area contributed by atoms with Crippen molar-refractivity contribution in [2.75, 3.05) is 4.90 Å². The lowest BCUT2D eigenvalue weighted by Gasteiger charge is -2.27. The summed E-state index contributed by atoms with van der Waals surface area (Å²) in [4.78, 5) is 2.41. The van der Waals surface area contributed by atoms with Gasteiger partial charge in [-0.2, -0.15) is 0 Å². The van der Waals surface area contributed by atoms with Gasteiger partial charge in [-0.05, 0) is 196 Å². The quantitative estimate of drug-likeness (QED) is 0.155. The fraction of sp³-hybridized carbons (Fsp3) is 0.185. The molecule has 0 unspecified atom stereocenters. The van der Waals surface area contributed by atoms with E-state index >= 15 is 0 Å². The van der Waals surface area contributed by atoms with E-state index in [1.165, 1.54) is 129 Å². The Hall–Kier alpha value is -5.92. The molecule has 2 aliphatic rings. The molecule has 8 aromatic rings. The molecule has 0 saturated carbocycles. The molecule has 0 amide bonds. The van der Waals surface area contributed by atoms with Gasteiger partial charge in [0, 0.05) is 17.1 Å². The van der Waals surface area contributed by atoms with Crippen LogP contribution >= 0.6 is 0 Å². The van der Waals surface area contributed by atoms with Crippen LogP contribution in [-0.4, -0.2) is 0 Å². The number of benzene rings is 8. The van der Waals surface area contributed by atoms with Crippen molar-refractivity contribution < 1.29 is 0 Å². The molecule has 0 saturated heterocycles. The average molecular weight is 710 g/mol. The van der Waals surface area contributed by atoms with E-state index in [1.54, 1.807) is 11.1 Å². The summed E-state index contributed by atoms with van der Waals surface area (Å²) in [7, 11) is 0. The van der Waals surface area contributed by atoms with Crippen LogP contribution in [0.25, 0.3) is 54.9 Å². The van der Waals surface area contributed by atoms with Crippen LogP contribution in [0.4, 0.5) is 17.1 Å². The van der Waals surface area contributed by atoms with Crippen LogP contribution < -0.4 is 4.90 Å². The van der Waals surface area contributed by atoms with Crippen LogP contribution in [0.3, 0.4) is 0 Å². The minimum atomic E-state index is 1.14. The van der Waals surface area contributed by atoms with Gasteiger partial charge in [-0.3, -0.25) is 0 Å². The van der Waals surface area contributed by atoms with Crippen molar-refractivity contribution in [2.24, 2.45) is 0 Å². The summed E-state index contributed by atoms with van der Waals surface area (Å²) in [6, 6.07) is 57.4. The number of hydrogen-bond donors (Lipinski definition) is 0. The average Bonchev–Trinajstić information content (AvgIpc) is 3.24. The van der Waals surface area contributed by atoms with Gasteiger partial charge in [-0.25, -0.2) is 0 Å². The summed E-state index contributed by atoms with van der Waals surface area (Å²) in [5.41, 5.74) is 20.1. The summed E-state index contributed by atoms with van der Waals surface area (Å²) >= 11 is 0.